The van der Waals surface area contributed by atoms with Gasteiger partial charge < -0.3 is 16.4 Å². The summed E-state index contributed by atoms with van der Waals surface area (Å²) in [6.07, 6.45) is 0. The largest absolute Gasteiger partial charge is 0.324 e. The van der Waals surface area contributed by atoms with E-state index in [2.05, 4.69) is 10.6 Å². The van der Waals surface area contributed by atoms with Crippen LogP contribution in [0.5, 0.6) is 0 Å². The minimum Gasteiger partial charge on any atom is -0.324 e. The Labute approximate surface area is 100 Å². The Hall–Kier alpha value is -1.88. The molecule has 17 heavy (non-hydrogen) atoms. The van der Waals surface area contributed by atoms with Crippen molar-refractivity contribution < 1.29 is 9.59 Å². The number of para-hydroxylation sites is 2. The number of hydrogen-bond acceptors (Lipinski definition) is 3. The first-order valence-corrected chi connectivity index (χ1v) is 5.44. The molecule has 0 atom stereocenters. The van der Waals surface area contributed by atoms with Gasteiger partial charge in [0.05, 0.1) is 17.9 Å². The third-order valence-corrected chi connectivity index (χ3v) is 2.17. The van der Waals surface area contributed by atoms with Gasteiger partial charge in [0.2, 0.25) is 11.8 Å². The molecule has 5 heteroatoms. The van der Waals surface area contributed by atoms with E-state index >= 15 is 0 Å². The molecule has 0 aliphatic rings. The average molecular weight is 235 g/mol. The summed E-state index contributed by atoms with van der Waals surface area (Å²) in [6.45, 7) is 3.51. The Morgan fingerprint density at radius 3 is 2.18 bits per heavy atom. The normalized spacial score (nSPS) is 10.1. The Morgan fingerprint density at radius 1 is 1.18 bits per heavy atom. The average Bonchev–Trinajstić information content (AvgIpc) is 2.31. The van der Waals surface area contributed by atoms with E-state index in [0.29, 0.717) is 11.4 Å². The molecule has 4 N–H and O–H groups in total. The summed E-state index contributed by atoms with van der Waals surface area (Å²) in [4.78, 5) is 22.8. The molecular weight excluding hydrogens is 218 g/mol. The smallest absolute Gasteiger partial charge is 0.238 e. The van der Waals surface area contributed by atoms with Gasteiger partial charge >= 0.3 is 0 Å². The Morgan fingerprint density at radius 2 is 1.71 bits per heavy atom. The van der Waals surface area contributed by atoms with Crippen LogP contribution in [0.2, 0.25) is 0 Å². The van der Waals surface area contributed by atoms with Crippen molar-refractivity contribution in [1.29, 1.82) is 0 Å². The molecule has 0 unspecified atom stereocenters. The van der Waals surface area contributed by atoms with Crippen molar-refractivity contribution >= 4 is 23.2 Å². The molecule has 1 aromatic rings. The predicted molar refractivity (Wildman–Crippen MR) is 67.6 cm³/mol. The molecule has 0 spiro atoms. The number of nitrogens with two attached hydrogens (primary N) is 1. The summed E-state index contributed by atoms with van der Waals surface area (Å²) >= 11 is 0. The highest BCUT2D eigenvalue weighted by Gasteiger charge is 2.10. The summed E-state index contributed by atoms with van der Waals surface area (Å²) in [7, 11) is 0. The minimum atomic E-state index is -0.295. The van der Waals surface area contributed by atoms with Gasteiger partial charge in [-0.1, -0.05) is 26.0 Å². The van der Waals surface area contributed by atoms with Gasteiger partial charge in [-0.05, 0) is 12.1 Å². The van der Waals surface area contributed by atoms with Gasteiger partial charge in [-0.2, -0.15) is 0 Å². The zero-order chi connectivity index (χ0) is 12.8. The molecule has 0 radical (unpaired) electrons. The van der Waals surface area contributed by atoms with E-state index in [1.807, 2.05) is 0 Å². The van der Waals surface area contributed by atoms with E-state index < -0.39 is 0 Å². The number of rotatable bonds is 4. The molecule has 0 saturated carbocycles. The lowest BCUT2D eigenvalue weighted by Crippen LogP contribution is -2.24. The highest BCUT2D eigenvalue weighted by atomic mass is 16.2. The van der Waals surface area contributed by atoms with Crippen LogP contribution in [0.25, 0.3) is 0 Å². The number of benzene rings is 1. The van der Waals surface area contributed by atoms with Crippen molar-refractivity contribution in [3.63, 3.8) is 0 Å². The van der Waals surface area contributed by atoms with Crippen molar-refractivity contribution in [1.82, 2.24) is 0 Å². The van der Waals surface area contributed by atoms with Crippen LogP contribution >= 0.6 is 0 Å². The van der Waals surface area contributed by atoms with Crippen LogP contribution in [-0.2, 0) is 9.59 Å². The fourth-order valence-corrected chi connectivity index (χ4v) is 1.18. The lowest BCUT2D eigenvalue weighted by atomic mass is 10.2. The maximum absolute atomic E-state index is 11.6. The standard InChI is InChI=1S/C12H17N3O2/c1-8(2)12(17)15-10-6-4-3-5-9(10)14-11(16)7-13/h3-6,8H,7,13H2,1-2H3,(H,14,16)(H,15,17). The second-order valence-corrected chi connectivity index (χ2v) is 3.94. The van der Waals surface area contributed by atoms with Gasteiger partial charge in [0.15, 0.2) is 0 Å². The minimum absolute atomic E-state index is 0.0908. The predicted octanol–water partition coefficient (Wildman–Crippen LogP) is 1.18. The third-order valence-electron chi connectivity index (χ3n) is 2.17. The zero-order valence-corrected chi connectivity index (χ0v) is 9.99. The van der Waals surface area contributed by atoms with E-state index in [-0.39, 0.29) is 24.3 Å². The monoisotopic (exact) mass is 235 g/mol. The quantitative estimate of drug-likeness (QED) is 0.732. The zero-order valence-electron chi connectivity index (χ0n) is 9.99. The van der Waals surface area contributed by atoms with Gasteiger partial charge in [0.25, 0.3) is 0 Å². The van der Waals surface area contributed by atoms with Crippen LogP contribution in [0, 0.1) is 5.92 Å². The van der Waals surface area contributed by atoms with Crippen LogP contribution < -0.4 is 16.4 Å². The first kappa shape index (κ1) is 13.2. The molecule has 0 heterocycles. The molecule has 0 aromatic heterocycles. The van der Waals surface area contributed by atoms with Gasteiger partial charge in [-0.15, -0.1) is 0 Å². The second kappa shape index (κ2) is 6.00. The van der Waals surface area contributed by atoms with Crippen LogP contribution in [0.1, 0.15) is 13.8 Å². The SMILES string of the molecule is CC(C)C(=O)Nc1ccccc1NC(=O)CN. The van der Waals surface area contributed by atoms with Crippen molar-refractivity contribution in [3.05, 3.63) is 24.3 Å². The molecule has 0 aliphatic heterocycles. The Kier molecular flexibility index (Phi) is 4.66. The molecule has 5 nitrogen and oxygen atoms in total. The molecule has 0 fully saturated rings. The fraction of sp³-hybridized carbons (Fsp3) is 0.333. The highest BCUT2D eigenvalue weighted by Crippen LogP contribution is 2.21. The molecule has 2 amide bonds. The topological polar surface area (TPSA) is 84.2 Å². The van der Waals surface area contributed by atoms with Crippen molar-refractivity contribution in [2.24, 2.45) is 11.7 Å². The number of hydrogen-bond donors (Lipinski definition) is 3. The third kappa shape index (κ3) is 3.88. The van der Waals surface area contributed by atoms with Gasteiger partial charge in [-0.25, -0.2) is 0 Å². The molecule has 92 valence electrons. The Balaban J connectivity index is 2.84. The highest BCUT2D eigenvalue weighted by molar-refractivity contribution is 6.00. The van der Waals surface area contributed by atoms with Crippen LogP contribution in [0.3, 0.4) is 0 Å². The van der Waals surface area contributed by atoms with E-state index in [0.717, 1.165) is 0 Å². The first-order chi connectivity index (χ1) is 8.04. The van der Waals surface area contributed by atoms with Gasteiger partial charge in [0, 0.05) is 5.92 Å². The molecular formula is C12H17N3O2. The summed E-state index contributed by atoms with van der Waals surface area (Å²) in [5, 5.41) is 5.37. The van der Waals surface area contributed by atoms with Crippen LogP contribution in [0.4, 0.5) is 11.4 Å². The molecule has 0 saturated heterocycles. The lowest BCUT2D eigenvalue weighted by Gasteiger charge is -2.12. The first-order valence-electron chi connectivity index (χ1n) is 5.44. The number of nitrogens with one attached hydrogen (secondary N) is 2. The second-order valence-electron chi connectivity index (χ2n) is 3.94. The Bertz CT molecular complexity index is 416. The molecule has 1 aromatic carbocycles. The summed E-state index contributed by atoms with van der Waals surface area (Å²) in [6, 6.07) is 7.00. The van der Waals surface area contributed by atoms with Crippen molar-refractivity contribution in [3.8, 4) is 0 Å². The number of anilines is 2. The van der Waals surface area contributed by atoms with E-state index in [9.17, 15) is 9.59 Å². The summed E-state index contributed by atoms with van der Waals surface area (Å²) in [5.41, 5.74) is 6.35. The molecule has 1 rings (SSSR count). The van der Waals surface area contributed by atoms with Crippen molar-refractivity contribution in [2.45, 2.75) is 13.8 Å². The van der Waals surface area contributed by atoms with Gasteiger partial charge in [-0.3, -0.25) is 9.59 Å². The molecule has 0 aliphatic carbocycles. The maximum Gasteiger partial charge on any atom is 0.238 e. The number of carbonyl (C=O) groups is 2. The van der Waals surface area contributed by atoms with E-state index in [4.69, 9.17) is 5.73 Å². The van der Waals surface area contributed by atoms with Crippen LogP contribution in [-0.4, -0.2) is 18.4 Å². The summed E-state index contributed by atoms with van der Waals surface area (Å²) < 4.78 is 0. The maximum atomic E-state index is 11.6. The number of carbonyl (C=O) groups excluding carboxylic acids is 2. The summed E-state index contributed by atoms with van der Waals surface area (Å²) in [5.74, 6) is -0.510. The fourth-order valence-electron chi connectivity index (χ4n) is 1.18. The van der Waals surface area contributed by atoms with E-state index in [1.165, 1.54) is 0 Å². The number of amides is 2. The van der Waals surface area contributed by atoms with Crippen LogP contribution in [0.15, 0.2) is 24.3 Å². The lowest BCUT2D eigenvalue weighted by molar-refractivity contribution is -0.119. The van der Waals surface area contributed by atoms with Gasteiger partial charge in [0.1, 0.15) is 0 Å². The van der Waals surface area contributed by atoms with E-state index in [1.54, 1.807) is 38.1 Å². The molecule has 0 bridgehead atoms. The van der Waals surface area contributed by atoms with Crippen molar-refractivity contribution in [2.75, 3.05) is 17.2 Å².